The Labute approximate surface area is 85.3 Å². The highest BCUT2D eigenvalue weighted by atomic mass is 16.2. The summed E-state index contributed by atoms with van der Waals surface area (Å²) in [4.78, 5) is 13.7. The largest absolute Gasteiger partial charge is 0.339 e. The van der Waals surface area contributed by atoms with Crippen molar-refractivity contribution in [1.29, 1.82) is 0 Å². The van der Waals surface area contributed by atoms with E-state index in [1.54, 1.807) is 11.0 Å². The predicted molar refractivity (Wildman–Crippen MR) is 57.7 cm³/mol. The fraction of sp³-hybridized carbons (Fsp3) is 0.545. The van der Waals surface area contributed by atoms with Gasteiger partial charge in [0.2, 0.25) is 5.91 Å². The van der Waals surface area contributed by atoms with E-state index in [4.69, 9.17) is 5.73 Å². The van der Waals surface area contributed by atoms with Gasteiger partial charge in [-0.2, -0.15) is 0 Å². The Balaban J connectivity index is 2.55. The minimum absolute atomic E-state index is 0.0232. The number of nitrogens with two attached hydrogens (primary N) is 1. The number of likely N-dealkylation sites (N-methyl/N-ethyl adjacent to an activating group) is 1. The van der Waals surface area contributed by atoms with Crippen molar-refractivity contribution in [2.75, 3.05) is 13.1 Å². The number of rotatable bonds is 4. The van der Waals surface area contributed by atoms with E-state index in [2.05, 4.69) is 6.58 Å². The van der Waals surface area contributed by atoms with Crippen LogP contribution in [0.15, 0.2) is 24.8 Å². The summed E-state index contributed by atoms with van der Waals surface area (Å²) in [5.41, 5.74) is 5.70. The van der Waals surface area contributed by atoms with Crippen LogP contribution in [0.25, 0.3) is 0 Å². The maximum Gasteiger partial charge on any atom is 0.229 e. The molecule has 78 valence electrons. The molecule has 2 unspecified atom stereocenters. The second-order valence-electron chi connectivity index (χ2n) is 3.56. The molecule has 0 aromatic carbocycles. The van der Waals surface area contributed by atoms with Crippen molar-refractivity contribution < 1.29 is 4.79 Å². The highest BCUT2D eigenvalue weighted by molar-refractivity contribution is 5.81. The van der Waals surface area contributed by atoms with Crippen molar-refractivity contribution in [1.82, 2.24) is 4.90 Å². The molecule has 0 heterocycles. The Morgan fingerprint density at radius 1 is 1.71 bits per heavy atom. The molecule has 1 rings (SSSR count). The summed E-state index contributed by atoms with van der Waals surface area (Å²) in [6, 6.07) is 0.0476. The van der Waals surface area contributed by atoms with E-state index in [1.807, 2.05) is 19.1 Å². The van der Waals surface area contributed by atoms with Gasteiger partial charge in [-0.3, -0.25) is 4.79 Å². The summed E-state index contributed by atoms with van der Waals surface area (Å²) in [6.45, 7) is 6.95. The van der Waals surface area contributed by atoms with Gasteiger partial charge in [-0.25, -0.2) is 0 Å². The molecule has 0 aliphatic heterocycles. The van der Waals surface area contributed by atoms with E-state index in [9.17, 15) is 4.79 Å². The van der Waals surface area contributed by atoms with Crippen LogP contribution in [0, 0.1) is 5.92 Å². The topological polar surface area (TPSA) is 46.3 Å². The van der Waals surface area contributed by atoms with Crippen LogP contribution in [0.4, 0.5) is 0 Å². The first kappa shape index (κ1) is 11.0. The third-order valence-electron chi connectivity index (χ3n) is 2.48. The van der Waals surface area contributed by atoms with Gasteiger partial charge in [0.05, 0.1) is 5.92 Å². The highest BCUT2D eigenvalue weighted by Gasteiger charge is 2.25. The monoisotopic (exact) mass is 194 g/mol. The third-order valence-corrected chi connectivity index (χ3v) is 2.48. The van der Waals surface area contributed by atoms with Crippen molar-refractivity contribution in [3.8, 4) is 0 Å². The third kappa shape index (κ3) is 2.45. The summed E-state index contributed by atoms with van der Waals surface area (Å²) in [6.07, 6.45) is 6.32. The Kier molecular flexibility index (Phi) is 3.89. The Hall–Kier alpha value is -1.09. The molecule has 2 atom stereocenters. The molecule has 0 bridgehead atoms. The van der Waals surface area contributed by atoms with Gasteiger partial charge in [0.1, 0.15) is 0 Å². The van der Waals surface area contributed by atoms with E-state index in [-0.39, 0.29) is 17.9 Å². The maximum atomic E-state index is 11.9. The normalized spacial score (nSPS) is 25.0. The van der Waals surface area contributed by atoms with Gasteiger partial charge in [-0.15, -0.1) is 6.58 Å². The van der Waals surface area contributed by atoms with E-state index >= 15 is 0 Å². The van der Waals surface area contributed by atoms with Gasteiger partial charge in [0, 0.05) is 19.1 Å². The molecule has 14 heavy (non-hydrogen) atoms. The van der Waals surface area contributed by atoms with E-state index < -0.39 is 0 Å². The van der Waals surface area contributed by atoms with Gasteiger partial charge in [-0.1, -0.05) is 18.2 Å². The molecule has 1 aliphatic carbocycles. The SMILES string of the molecule is C=CCN(CC)C(=O)C1C=CC(N)C1. The number of carbonyl (C=O) groups is 1. The molecule has 0 radical (unpaired) electrons. The van der Waals surface area contributed by atoms with Crippen molar-refractivity contribution >= 4 is 5.91 Å². The van der Waals surface area contributed by atoms with Crippen LogP contribution < -0.4 is 5.73 Å². The van der Waals surface area contributed by atoms with Crippen LogP contribution >= 0.6 is 0 Å². The first-order valence-corrected chi connectivity index (χ1v) is 5.02. The molecule has 0 saturated heterocycles. The average molecular weight is 194 g/mol. The first-order valence-electron chi connectivity index (χ1n) is 5.02. The predicted octanol–water partition coefficient (Wildman–Crippen LogP) is 0.924. The van der Waals surface area contributed by atoms with Crippen molar-refractivity contribution in [3.63, 3.8) is 0 Å². The molecule has 3 heteroatoms. The first-order chi connectivity index (χ1) is 6.69. The van der Waals surface area contributed by atoms with Crippen molar-refractivity contribution in [2.24, 2.45) is 11.7 Å². The fourth-order valence-corrected chi connectivity index (χ4v) is 1.68. The maximum absolute atomic E-state index is 11.9. The van der Waals surface area contributed by atoms with Crippen LogP contribution in [0.1, 0.15) is 13.3 Å². The Morgan fingerprint density at radius 2 is 2.43 bits per heavy atom. The van der Waals surface area contributed by atoms with Gasteiger partial charge >= 0.3 is 0 Å². The van der Waals surface area contributed by atoms with Gasteiger partial charge in [-0.05, 0) is 13.3 Å². The Bertz CT molecular complexity index is 248. The second kappa shape index (κ2) is 4.96. The molecule has 1 amide bonds. The van der Waals surface area contributed by atoms with Crippen molar-refractivity contribution in [2.45, 2.75) is 19.4 Å². The zero-order valence-corrected chi connectivity index (χ0v) is 8.65. The zero-order valence-electron chi connectivity index (χ0n) is 8.65. The Morgan fingerprint density at radius 3 is 2.86 bits per heavy atom. The lowest BCUT2D eigenvalue weighted by molar-refractivity contribution is -0.133. The summed E-state index contributed by atoms with van der Waals surface area (Å²) in [5, 5.41) is 0. The van der Waals surface area contributed by atoms with E-state index in [1.165, 1.54) is 0 Å². The van der Waals surface area contributed by atoms with E-state index in [0.717, 1.165) is 13.0 Å². The summed E-state index contributed by atoms with van der Waals surface area (Å²) in [5.74, 6) is 0.140. The molecule has 0 fully saturated rings. The quantitative estimate of drug-likeness (QED) is 0.677. The standard InChI is InChI=1S/C11H18N2O/c1-3-7-13(4-2)11(14)9-5-6-10(12)8-9/h3,5-6,9-10H,1,4,7-8,12H2,2H3. The summed E-state index contributed by atoms with van der Waals surface area (Å²) >= 11 is 0. The minimum atomic E-state index is -0.0232. The molecule has 0 spiro atoms. The van der Waals surface area contributed by atoms with Crippen LogP contribution in [-0.2, 0) is 4.79 Å². The van der Waals surface area contributed by atoms with Crippen LogP contribution in [-0.4, -0.2) is 29.9 Å². The molecule has 0 aromatic heterocycles. The lowest BCUT2D eigenvalue weighted by Gasteiger charge is -2.22. The number of nitrogens with zero attached hydrogens (tertiary/aromatic N) is 1. The lowest BCUT2D eigenvalue weighted by atomic mass is 10.1. The molecule has 0 saturated carbocycles. The molecule has 1 aliphatic rings. The zero-order chi connectivity index (χ0) is 10.6. The lowest BCUT2D eigenvalue weighted by Crippen LogP contribution is -2.35. The fourth-order valence-electron chi connectivity index (χ4n) is 1.68. The average Bonchev–Trinajstić information content (AvgIpc) is 2.60. The van der Waals surface area contributed by atoms with Crippen molar-refractivity contribution in [3.05, 3.63) is 24.8 Å². The van der Waals surface area contributed by atoms with E-state index in [0.29, 0.717) is 6.54 Å². The smallest absolute Gasteiger partial charge is 0.229 e. The molecular weight excluding hydrogens is 176 g/mol. The van der Waals surface area contributed by atoms with Gasteiger partial charge in [0.25, 0.3) is 0 Å². The van der Waals surface area contributed by atoms with Crippen LogP contribution in [0.2, 0.25) is 0 Å². The van der Waals surface area contributed by atoms with Gasteiger partial charge in [0.15, 0.2) is 0 Å². The molecular formula is C11H18N2O. The number of carbonyl (C=O) groups excluding carboxylic acids is 1. The minimum Gasteiger partial charge on any atom is -0.339 e. The highest BCUT2D eigenvalue weighted by Crippen LogP contribution is 2.18. The second-order valence-corrected chi connectivity index (χ2v) is 3.56. The molecule has 3 nitrogen and oxygen atoms in total. The summed E-state index contributed by atoms with van der Waals surface area (Å²) < 4.78 is 0. The molecule has 0 aromatic rings. The number of hydrogen-bond donors (Lipinski definition) is 1. The van der Waals surface area contributed by atoms with Crippen LogP contribution in [0.3, 0.4) is 0 Å². The number of hydrogen-bond acceptors (Lipinski definition) is 2. The van der Waals surface area contributed by atoms with Crippen LogP contribution in [0.5, 0.6) is 0 Å². The molecule has 2 N–H and O–H groups in total. The summed E-state index contributed by atoms with van der Waals surface area (Å²) in [7, 11) is 0. The number of amides is 1. The van der Waals surface area contributed by atoms with Gasteiger partial charge < -0.3 is 10.6 Å².